The molecule has 0 radical (unpaired) electrons. The van der Waals surface area contributed by atoms with E-state index in [9.17, 15) is 9.59 Å². The second-order valence-electron chi connectivity index (χ2n) is 4.19. The molecule has 1 aliphatic heterocycles. The Morgan fingerprint density at radius 1 is 1.55 bits per heavy atom. The highest BCUT2D eigenvalue weighted by Crippen LogP contribution is 2.26. The number of aryl methyl sites for hydroxylation is 1. The van der Waals surface area contributed by atoms with E-state index in [1.165, 1.54) is 29.8 Å². The van der Waals surface area contributed by atoms with Crippen molar-refractivity contribution >= 4 is 23.6 Å². The van der Waals surface area contributed by atoms with Crippen LogP contribution in [0.1, 0.15) is 21.7 Å². The van der Waals surface area contributed by atoms with Crippen LogP contribution in [-0.2, 0) is 9.53 Å². The van der Waals surface area contributed by atoms with Crippen LogP contribution in [0.3, 0.4) is 0 Å². The number of methoxy groups -OCH3 is 1. The summed E-state index contributed by atoms with van der Waals surface area (Å²) in [7, 11) is 1.30. The van der Waals surface area contributed by atoms with Crippen LogP contribution in [0.15, 0.2) is 12.1 Å². The van der Waals surface area contributed by atoms with E-state index in [1.54, 1.807) is 13.0 Å². The van der Waals surface area contributed by atoms with Crippen molar-refractivity contribution in [1.29, 1.82) is 5.26 Å². The van der Waals surface area contributed by atoms with Gasteiger partial charge in [-0.15, -0.1) is 11.8 Å². The summed E-state index contributed by atoms with van der Waals surface area (Å²) >= 11 is 1.37. The molecule has 0 spiro atoms. The molecule has 1 saturated heterocycles. The molecular formula is C13H13N3O3S. The second kappa shape index (κ2) is 5.92. The molecule has 1 aliphatic rings. The Kier molecular flexibility index (Phi) is 4.25. The number of nitriles is 1. The molecule has 6 nitrogen and oxygen atoms in total. The fourth-order valence-electron chi connectivity index (χ4n) is 1.92. The predicted molar refractivity (Wildman–Crippen MR) is 73.0 cm³/mol. The van der Waals surface area contributed by atoms with Gasteiger partial charge in [0.2, 0.25) is 0 Å². The van der Waals surface area contributed by atoms with Crippen LogP contribution < -0.4 is 0 Å². The van der Waals surface area contributed by atoms with Crippen molar-refractivity contribution < 1.29 is 14.3 Å². The normalized spacial score (nSPS) is 17.6. The number of amides is 1. The summed E-state index contributed by atoms with van der Waals surface area (Å²) in [6.45, 7) is 2.15. The number of nitrogens with zero attached hydrogens (tertiary/aromatic N) is 3. The molecule has 20 heavy (non-hydrogen) atoms. The number of esters is 1. The zero-order valence-electron chi connectivity index (χ0n) is 11.1. The first kappa shape index (κ1) is 14.3. The van der Waals surface area contributed by atoms with Gasteiger partial charge in [0.1, 0.15) is 11.8 Å². The molecule has 0 aromatic carbocycles. The van der Waals surface area contributed by atoms with Gasteiger partial charge in [0.05, 0.1) is 18.4 Å². The van der Waals surface area contributed by atoms with Crippen molar-refractivity contribution in [2.45, 2.75) is 12.3 Å². The summed E-state index contributed by atoms with van der Waals surface area (Å²) in [6.07, 6.45) is 0. The van der Waals surface area contributed by atoms with Gasteiger partial charge in [0.15, 0.2) is 5.37 Å². The molecule has 1 unspecified atom stereocenters. The van der Waals surface area contributed by atoms with Gasteiger partial charge in [-0.2, -0.15) is 5.26 Å². The van der Waals surface area contributed by atoms with Crippen LogP contribution in [0.5, 0.6) is 0 Å². The highest BCUT2D eigenvalue weighted by molar-refractivity contribution is 8.00. The topological polar surface area (TPSA) is 83.3 Å². The second-order valence-corrected chi connectivity index (χ2v) is 5.37. The van der Waals surface area contributed by atoms with Crippen molar-refractivity contribution in [3.63, 3.8) is 0 Å². The van der Waals surface area contributed by atoms with Crippen LogP contribution in [-0.4, -0.2) is 46.5 Å². The lowest BCUT2D eigenvalue weighted by molar-refractivity contribution is -0.142. The molecule has 1 atom stereocenters. The average molecular weight is 291 g/mol. The number of pyridine rings is 1. The van der Waals surface area contributed by atoms with Gasteiger partial charge in [-0.1, -0.05) is 0 Å². The third-order valence-corrected chi connectivity index (χ3v) is 4.16. The maximum atomic E-state index is 12.4. The van der Waals surface area contributed by atoms with Crippen LogP contribution in [0.2, 0.25) is 0 Å². The quantitative estimate of drug-likeness (QED) is 0.754. The van der Waals surface area contributed by atoms with Crippen LogP contribution in [0.25, 0.3) is 0 Å². The first-order valence-electron chi connectivity index (χ1n) is 5.96. The monoisotopic (exact) mass is 291 g/mol. The van der Waals surface area contributed by atoms with Crippen molar-refractivity contribution in [2.24, 2.45) is 0 Å². The van der Waals surface area contributed by atoms with Crippen LogP contribution in [0, 0.1) is 18.3 Å². The fourth-order valence-corrected chi connectivity index (χ4v) is 3.06. The number of hydrogen-bond acceptors (Lipinski definition) is 6. The summed E-state index contributed by atoms with van der Waals surface area (Å²) in [5.41, 5.74) is 1.17. The third-order valence-electron chi connectivity index (χ3n) is 2.98. The van der Waals surface area contributed by atoms with Gasteiger partial charge in [-0.25, -0.2) is 9.78 Å². The lowest BCUT2D eigenvalue weighted by atomic mass is 10.2. The van der Waals surface area contributed by atoms with Crippen LogP contribution in [0.4, 0.5) is 0 Å². The molecule has 0 N–H and O–H groups in total. The van der Waals surface area contributed by atoms with E-state index in [4.69, 9.17) is 10.00 Å². The van der Waals surface area contributed by atoms with Crippen molar-refractivity contribution in [1.82, 2.24) is 9.88 Å². The molecule has 0 aliphatic carbocycles. The van der Waals surface area contributed by atoms with Gasteiger partial charge < -0.3 is 9.64 Å². The predicted octanol–water partition coefficient (Wildman–Crippen LogP) is 0.950. The fraction of sp³-hybridized carbons (Fsp3) is 0.385. The molecule has 0 saturated carbocycles. The lowest BCUT2D eigenvalue weighted by Crippen LogP contribution is -2.40. The van der Waals surface area contributed by atoms with E-state index < -0.39 is 11.3 Å². The minimum absolute atomic E-state index is 0.234. The third kappa shape index (κ3) is 2.60. The molecule has 2 heterocycles. The van der Waals surface area contributed by atoms with Crippen molar-refractivity contribution in [2.75, 3.05) is 19.4 Å². The highest BCUT2D eigenvalue weighted by Gasteiger charge is 2.36. The first-order chi connectivity index (χ1) is 9.58. The van der Waals surface area contributed by atoms with E-state index in [1.807, 2.05) is 6.07 Å². The van der Waals surface area contributed by atoms with E-state index in [0.717, 1.165) is 0 Å². The Morgan fingerprint density at radius 2 is 2.30 bits per heavy atom. The molecule has 104 valence electrons. The minimum atomic E-state index is -0.620. The van der Waals surface area contributed by atoms with E-state index in [-0.39, 0.29) is 11.6 Å². The van der Waals surface area contributed by atoms with Gasteiger partial charge in [0.25, 0.3) is 5.91 Å². The maximum Gasteiger partial charge on any atom is 0.339 e. The van der Waals surface area contributed by atoms with Gasteiger partial charge in [0, 0.05) is 12.3 Å². The van der Waals surface area contributed by atoms with E-state index in [0.29, 0.717) is 23.6 Å². The number of hydrogen-bond donors (Lipinski definition) is 0. The number of thioether (sulfide) groups is 1. The zero-order valence-corrected chi connectivity index (χ0v) is 11.9. The summed E-state index contributed by atoms with van der Waals surface area (Å²) < 4.78 is 4.69. The van der Waals surface area contributed by atoms with Gasteiger partial charge >= 0.3 is 5.97 Å². The molecule has 7 heteroatoms. The average Bonchev–Trinajstić information content (AvgIpc) is 2.94. The Labute approximate surface area is 120 Å². The lowest BCUT2D eigenvalue weighted by Gasteiger charge is -2.21. The van der Waals surface area contributed by atoms with E-state index in [2.05, 4.69) is 4.98 Å². The first-order valence-corrected chi connectivity index (χ1v) is 7.01. The molecule has 1 fully saturated rings. The summed E-state index contributed by atoms with van der Waals surface area (Å²) in [5.74, 6) is -0.0787. The van der Waals surface area contributed by atoms with Gasteiger partial charge in [-0.3, -0.25) is 4.79 Å². The maximum absolute atomic E-state index is 12.4. The zero-order chi connectivity index (χ0) is 14.7. The molecule has 1 aromatic rings. The smallest absolute Gasteiger partial charge is 0.339 e. The standard InChI is InChI=1S/C13H13N3O3S/c1-8-9(7-14)3-4-10(15-8)11(17)16-5-6-20-12(16)13(18)19-2/h3-4,12H,5-6H2,1-2H3. The Morgan fingerprint density at radius 3 is 2.90 bits per heavy atom. The number of carbonyl (C=O) groups is 2. The highest BCUT2D eigenvalue weighted by atomic mass is 32.2. The van der Waals surface area contributed by atoms with Crippen molar-refractivity contribution in [3.8, 4) is 6.07 Å². The molecule has 1 amide bonds. The molecule has 1 aromatic heterocycles. The van der Waals surface area contributed by atoms with Crippen LogP contribution >= 0.6 is 11.8 Å². The van der Waals surface area contributed by atoms with Gasteiger partial charge in [-0.05, 0) is 19.1 Å². The Bertz CT molecular complexity index is 597. The largest absolute Gasteiger partial charge is 0.467 e. The summed E-state index contributed by atoms with van der Waals surface area (Å²) in [4.78, 5) is 29.6. The number of rotatable bonds is 2. The molecule has 0 bridgehead atoms. The molecular weight excluding hydrogens is 278 g/mol. The van der Waals surface area contributed by atoms with E-state index >= 15 is 0 Å². The van der Waals surface area contributed by atoms with Crippen molar-refractivity contribution in [3.05, 3.63) is 29.1 Å². The Hall–Kier alpha value is -2.07. The Balaban J connectivity index is 2.25. The number of ether oxygens (including phenoxy) is 1. The summed E-state index contributed by atoms with van der Waals surface area (Å²) in [5, 5.41) is 8.24. The molecule has 2 rings (SSSR count). The minimum Gasteiger partial charge on any atom is -0.467 e. The number of carbonyl (C=O) groups excluding carboxylic acids is 2. The summed E-state index contributed by atoms with van der Waals surface area (Å²) in [6, 6.07) is 5.07. The SMILES string of the molecule is COC(=O)C1SCCN1C(=O)c1ccc(C#N)c(C)n1. The number of aromatic nitrogens is 1.